The lowest BCUT2D eigenvalue weighted by atomic mass is 10.1. The van der Waals surface area contributed by atoms with Crippen LogP contribution < -0.4 is 0 Å². The quantitative estimate of drug-likeness (QED) is 0.417. The second-order valence-electron chi connectivity index (χ2n) is 5.17. The fraction of sp³-hybridized carbons (Fsp3) is 0.100. The molecule has 6 heteroatoms. The summed E-state index contributed by atoms with van der Waals surface area (Å²) in [5.74, 6) is -1.79. The van der Waals surface area contributed by atoms with Crippen LogP contribution in [0.15, 0.2) is 60.9 Å². The molecule has 0 saturated carbocycles. The maximum absolute atomic E-state index is 10.6. The highest BCUT2D eigenvalue weighted by molar-refractivity contribution is 5.94. The largest absolute Gasteiger partial charge is 0.478 e. The number of carbonyl (C=O) groups is 2. The summed E-state index contributed by atoms with van der Waals surface area (Å²) >= 11 is 0. The number of carboxylic acid groups (broad SMARTS) is 2. The van der Waals surface area contributed by atoms with E-state index < -0.39 is 11.9 Å². The molecule has 2 aromatic carbocycles. The van der Waals surface area contributed by atoms with Crippen molar-refractivity contribution >= 4 is 33.7 Å². The number of fused-ring (bicyclic) bond motifs is 2. The lowest BCUT2D eigenvalue weighted by Gasteiger charge is -1.93. The summed E-state index contributed by atoms with van der Waals surface area (Å²) < 4.78 is 0. The Labute approximate surface area is 150 Å². The van der Waals surface area contributed by atoms with Gasteiger partial charge < -0.3 is 20.2 Å². The third kappa shape index (κ3) is 4.30. The Bertz CT molecular complexity index is 946. The number of carboxylic acids is 2. The number of H-pyrrole nitrogens is 2. The molecule has 0 fully saturated rings. The molecular weight excluding hydrogens is 332 g/mol. The third-order valence-electron chi connectivity index (χ3n) is 3.60. The molecule has 0 bridgehead atoms. The fourth-order valence-corrected chi connectivity index (χ4v) is 2.37. The van der Waals surface area contributed by atoms with Crippen LogP contribution >= 0.6 is 0 Å². The SMILES string of the molecule is CC.O=C(O)c1ccc2[nH]ccc2c1.O=C(O)c1ccc2cc[nH]c2c1. The molecule has 0 atom stereocenters. The molecule has 0 amide bonds. The molecule has 0 saturated heterocycles. The number of hydrogen-bond acceptors (Lipinski definition) is 2. The molecule has 2 aromatic heterocycles. The Morgan fingerprint density at radius 1 is 0.692 bits per heavy atom. The van der Waals surface area contributed by atoms with Crippen molar-refractivity contribution in [2.45, 2.75) is 13.8 Å². The zero-order valence-electron chi connectivity index (χ0n) is 14.5. The average Bonchev–Trinajstić information content (AvgIpc) is 3.31. The number of aromatic amines is 2. The van der Waals surface area contributed by atoms with Gasteiger partial charge in [0.15, 0.2) is 0 Å². The van der Waals surface area contributed by atoms with Gasteiger partial charge in [0.05, 0.1) is 11.1 Å². The average molecular weight is 352 g/mol. The van der Waals surface area contributed by atoms with Crippen molar-refractivity contribution in [2.75, 3.05) is 0 Å². The Balaban J connectivity index is 0.000000171. The number of nitrogens with one attached hydrogen (secondary N) is 2. The Morgan fingerprint density at radius 3 is 1.88 bits per heavy atom. The van der Waals surface area contributed by atoms with Crippen molar-refractivity contribution in [1.29, 1.82) is 0 Å². The van der Waals surface area contributed by atoms with Gasteiger partial charge >= 0.3 is 11.9 Å². The minimum Gasteiger partial charge on any atom is -0.478 e. The molecule has 0 aliphatic rings. The summed E-state index contributed by atoms with van der Waals surface area (Å²) in [6, 6.07) is 13.8. The molecule has 134 valence electrons. The van der Waals surface area contributed by atoms with Crippen molar-refractivity contribution in [3.05, 3.63) is 72.1 Å². The van der Waals surface area contributed by atoms with Crippen LogP contribution in [0.3, 0.4) is 0 Å². The highest BCUT2D eigenvalue weighted by Gasteiger charge is 2.03. The Morgan fingerprint density at radius 2 is 1.23 bits per heavy atom. The van der Waals surface area contributed by atoms with E-state index in [1.165, 1.54) is 0 Å². The van der Waals surface area contributed by atoms with E-state index >= 15 is 0 Å². The first-order valence-corrected chi connectivity index (χ1v) is 8.15. The van der Waals surface area contributed by atoms with Gasteiger partial charge in [-0.2, -0.15) is 0 Å². The highest BCUT2D eigenvalue weighted by atomic mass is 16.4. The van der Waals surface area contributed by atoms with E-state index in [1.807, 2.05) is 26.0 Å². The monoisotopic (exact) mass is 352 g/mol. The topological polar surface area (TPSA) is 106 Å². The maximum Gasteiger partial charge on any atom is 0.335 e. The van der Waals surface area contributed by atoms with E-state index in [1.54, 1.807) is 48.8 Å². The second-order valence-corrected chi connectivity index (χ2v) is 5.17. The lowest BCUT2D eigenvalue weighted by molar-refractivity contribution is 0.0686. The van der Waals surface area contributed by atoms with E-state index in [4.69, 9.17) is 10.2 Å². The maximum atomic E-state index is 10.6. The summed E-state index contributed by atoms with van der Waals surface area (Å²) in [5.41, 5.74) is 2.45. The van der Waals surface area contributed by atoms with Crippen LogP contribution in [0, 0.1) is 0 Å². The highest BCUT2D eigenvalue weighted by Crippen LogP contribution is 2.14. The first-order valence-electron chi connectivity index (χ1n) is 8.15. The lowest BCUT2D eigenvalue weighted by Crippen LogP contribution is -1.94. The third-order valence-corrected chi connectivity index (χ3v) is 3.60. The Hall–Kier alpha value is -3.54. The minimum absolute atomic E-state index is 0.310. The normalized spacial score (nSPS) is 9.77. The molecule has 0 unspecified atom stereocenters. The molecule has 0 aliphatic heterocycles. The van der Waals surface area contributed by atoms with Gasteiger partial charge in [0, 0.05) is 28.8 Å². The minimum atomic E-state index is -0.897. The van der Waals surface area contributed by atoms with Gasteiger partial charge in [-0.15, -0.1) is 0 Å². The van der Waals surface area contributed by atoms with Gasteiger partial charge in [0.25, 0.3) is 0 Å². The van der Waals surface area contributed by atoms with Gasteiger partial charge in [0.1, 0.15) is 0 Å². The van der Waals surface area contributed by atoms with Crippen molar-refractivity contribution in [3.8, 4) is 0 Å². The van der Waals surface area contributed by atoms with Crippen LogP contribution in [0.2, 0.25) is 0 Å². The number of aromatic carboxylic acids is 2. The second kappa shape index (κ2) is 8.53. The molecule has 0 aliphatic carbocycles. The van der Waals surface area contributed by atoms with Gasteiger partial charge in [-0.1, -0.05) is 19.9 Å². The van der Waals surface area contributed by atoms with Crippen LogP contribution in [0.4, 0.5) is 0 Å². The number of aromatic nitrogens is 2. The zero-order chi connectivity index (χ0) is 19.1. The van der Waals surface area contributed by atoms with Crippen LogP contribution in [-0.2, 0) is 0 Å². The number of rotatable bonds is 2. The molecule has 4 aromatic rings. The van der Waals surface area contributed by atoms with Gasteiger partial charge in [-0.3, -0.25) is 0 Å². The fourth-order valence-electron chi connectivity index (χ4n) is 2.37. The van der Waals surface area contributed by atoms with E-state index in [2.05, 4.69) is 9.97 Å². The van der Waals surface area contributed by atoms with E-state index in [-0.39, 0.29) is 0 Å². The van der Waals surface area contributed by atoms with Crippen LogP contribution in [0.1, 0.15) is 34.6 Å². The Kier molecular flexibility index (Phi) is 6.16. The first-order chi connectivity index (χ1) is 12.5. The summed E-state index contributed by atoms with van der Waals surface area (Å²) in [5, 5.41) is 19.3. The van der Waals surface area contributed by atoms with Crippen molar-refractivity contribution in [3.63, 3.8) is 0 Å². The van der Waals surface area contributed by atoms with E-state index in [0.29, 0.717) is 11.1 Å². The number of benzene rings is 2. The van der Waals surface area contributed by atoms with Crippen LogP contribution in [0.5, 0.6) is 0 Å². The predicted octanol–water partition coefficient (Wildman–Crippen LogP) is 4.76. The molecule has 2 heterocycles. The summed E-state index contributed by atoms with van der Waals surface area (Å²) in [6.45, 7) is 4.00. The smallest absolute Gasteiger partial charge is 0.335 e. The van der Waals surface area contributed by atoms with Gasteiger partial charge in [-0.05, 0) is 47.9 Å². The first kappa shape index (κ1) is 18.8. The van der Waals surface area contributed by atoms with E-state index in [9.17, 15) is 9.59 Å². The summed E-state index contributed by atoms with van der Waals surface area (Å²) in [6.07, 6.45) is 3.58. The van der Waals surface area contributed by atoms with E-state index in [0.717, 1.165) is 21.8 Å². The van der Waals surface area contributed by atoms with Crippen molar-refractivity contribution < 1.29 is 19.8 Å². The van der Waals surface area contributed by atoms with Crippen LogP contribution in [-0.4, -0.2) is 32.1 Å². The standard InChI is InChI=1S/2C9H7NO2.C2H6/c11-9(12)7-1-2-8-6(5-7)3-4-10-8;11-9(12)7-2-1-6-3-4-10-8(6)5-7;1-2/h2*1-5,10H,(H,11,12);1-2H3. The number of hydrogen-bond donors (Lipinski definition) is 4. The molecule has 4 rings (SSSR count). The van der Waals surface area contributed by atoms with Gasteiger partial charge in [-0.25, -0.2) is 9.59 Å². The molecular formula is C20H20N2O4. The molecule has 26 heavy (non-hydrogen) atoms. The summed E-state index contributed by atoms with van der Waals surface area (Å²) in [7, 11) is 0. The molecule has 0 radical (unpaired) electrons. The molecule has 0 spiro atoms. The molecule has 4 N–H and O–H groups in total. The van der Waals surface area contributed by atoms with Crippen molar-refractivity contribution in [2.24, 2.45) is 0 Å². The zero-order valence-corrected chi connectivity index (χ0v) is 14.5. The van der Waals surface area contributed by atoms with Crippen LogP contribution in [0.25, 0.3) is 21.8 Å². The predicted molar refractivity (Wildman–Crippen MR) is 102 cm³/mol. The van der Waals surface area contributed by atoms with Crippen molar-refractivity contribution in [1.82, 2.24) is 9.97 Å². The molecule has 6 nitrogen and oxygen atoms in total. The summed E-state index contributed by atoms with van der Waals surface area (Å²) in [4.78, 5) is 27.1. The van der Waals surface area contributed by atoms with Gasteiger partial charge in [0.2, 0.25) is 0 Å².